The summed E-state index contributed by atoms with van der Waals surface area (Å²) in [7, 11) is -3.24. The van der Waals surface area contributed by atoms with E-state index in [2.05, 4.69) is 25.8 Å². The van der Waals surface area contributed by atoms with Gasteiger partial charge in [0, 0.05) is 30.4 Å². The van der Waals surface area contributed by atoms with Gasteiger partial charge in [0.05, 0.1) is 0 Å². The van der Waals surface area contributed by atoms with E-state index in [-0.39, 0.29) is 0 Å². The summed E-state index contributed by atoms with van der Waals surface area (Å²) in [5.74, 6) is 0.621. The fourth-order valence-electron chi connectivity index (χ4n) is 2.59. The van der Waals surface area contributed by atoms with E-state index in [0.29, 0.717) is 16.8 Å². The molecule has 0 aliphatic carbocycles. The quantitative estimate of drug-likeness (QED) is 0.786. The number of hydrogen-bond donors (Lipinski definition) is 0. The number of hydrogen-bond acceptors (Lipinski definition) is 4. The molecule has 1 saturated heterocycles. The Kier molecular flexibility index (Phi) is 4.84. The zero-order valence-corrected chi connectivity index (χ0v) is 13.5. The van der Waals surface area contributed by atoms with Crippen LogP contribution in [0.3, 0.4) is 0 Å². The van der Waals surface area contributed by atoms with Crippen molar-refractivity contribution >= 4 is 31.6 Å². The Morgan fingerprint density at radius 3 is 2.95 bits per heavy atom. The summed E-state index contributed by atoms with van der Waals surface area (Å²) in [6, 6.07) is 3.71. The Bertz CT molecular complexity index is 531. The minimum Gasteiger partial charge on any atom is -0.353 e. The molecular weight excluding hydrogens is 328 g/mol. The lowest BCUT2D eigenvalue weighted by Crippen LogP contribution is -2.41. The van der Waals surface area contributed by atoms with E-state index in [1.165, 1.54) is 12.7 Å². The molecule has 106 valence electrons. The first kappa shape index (κ1) is 14.8. The second-order valence-electron chi connectivity index (χ2n) is 4.92. The fraction of sp³-hybridized carbons (Fsp3) is 0.615. The van der Waals surface area contributed by atoms with E-state index in [1.54, 1.807) is 18.3 Å². The lowest BCUT2D eigenvalue weighted by Gasteiger charge is -2.37. The van der Waals surface area contributed by atoms with Crippen LogP contribution in [0.25, 0.3) is 0 Å². The Morgan fingerprint density at radius 2 is 2.26 bits per heavy atom. The van der Waals surface area contributed by atoms with E-state index >= 15 is 0 Å². The van der Waals surface area contributed by atoms with Crippen LogP contribution in [-0.4, -0.2) is 37.6 Å². The van der Waals surface area contributed by atoms with Crippen LogP contribution in [0.15, 0.2) is 23.2 Å². The molecule has 0 amide bonds. The summed E-state index contributed by atoms with van der Waals surface area (Å²) >= 11 is 3.48. The van der Waals surface area contributed by atoms with Crippen molar-refractivity contribution in [3.8, 4) is 0 Å². The Labute approximate surface area is 123 Å². The van der Waals surface area contributed by atoms with Crippen LogP contribution >= 0.6 is 15.9 Å². The average Bonchev–Trinajstić information content (AvgIpc) is 2.39. The third-order valence-electron chi connectivity index (χ3n) is 3.49. The third-order valence-corrected chi connectivity index (χ3v) is 5.07. The summed E-state index contributed by atoms with van der Waals surface area (Å²) in [6.45, 7) is 0.886. The van der Waals surface area contributed by atoms with E-state index in [9.17, 15) is 8.42 Å². The highest BCUT2D eigenvalue weighted by molar-refractivity contribution is 9.09. The van der Waals surface area contributed by atoms with Crippen LogP contribution in [0.4, 0.5) is 5.82 Å². The first-order valence-electron chi connectivity index (χ1n) is 6.51. The average molecular weight is 347 g/mol. The highest BCUT2D eigenvalue weighted by Gasteiger charge is 2.27. The summed E-state index contributed by atoms with van der Waals surface area (Å²) in [5, 5.41) is 0.926. The minimum atomic E-state index is -3.24. The number of sulfone groups is 1. The molecule has 0 N–H and O–H groups in total. The van der Waals surface area contributed by atoms with Crippen LogP contribution in [0.5, 0.6) is 0 Å². The van der Waals surface area contributed by atoms with Crippen molar-refractivity contribution in [3.05, 3.63) is 18.3 Å². The van der Waals surface area contributed by atoms with Gasteiger partial charge >= 0.3 is 0 Å². The number of halogens is 1. The van der Waals surface area contributed by atoms with Gasteiger partial charge in [-0.3, -0.25) is 0 Å². The molecule has 1 fully saturated rings. The molecule has 1 unspecified atom stereocenters. The second-order valence-corrected chi connectivity index (χ2v) is 7.70. The van der Waals surface area contributed by atoms with Crippen molar-refractivity contribution < 1.29 is 8.42 Å². The molecule has 19 heavy (non-hydrogen) atoms. The predicted molar refractivity (Wildman–Crippen MR) is 80.7 cm³/mol. The van der Waals surface area contributed by atoms with Crippen LogP contribution in [0, 0.1) is 0 Å². The standard InChI is InChI=1S/C13H19BrN2O2S/c1-19(17,18)12-6-4-9-15-13(12)16-10-3-2-5-11(16)7-8-14/h4,6,9,11H,2-3,5,7-8,10H2,1H3. The van der Waals surface area contributed by atoms with Crippen LogP contribution < -0.4 is 4.90 Å². The van der Waals surface area contributed by atoms with Gasteiger partial charge < -0.3 is 4.90 Å². The van der Waals surface area contributed by atoms with Crippen molar-refractivity contribution in [2.75, 3.05) is 23.0 Å². The molecule has 0 radical (unpaired) electrons. The molecule has 1 aliphatic rings. The van der Waals surface area contributed by atoms with E-state index < -0.39 is 9.84 Å². The van der Waals surface area contributed by atoms with Crippen molar-refractivity contribution in [2.45, 2.75) is 36.6 Å². The van der Waals surface area contributed by atoms with Gasteiger partial charge in [0.25, 0.3) is 0 Å². The molecule has 0 spiro atoms. The van der Waals surface area contributed by atoms with Crippen molar-refractivity contribution in [2.24, 2.45) is 0 Å². The molecule has 0 saturated carbocycles. The molecule has 1 atom stereocenters. The minimum absolute atomic E-state index is 0.344. The first-order chi connectivity index (χ1) is 9.04. The maximum atomic E-state index is 11.9. The zero-order chi connectivity index (χ0) is 13.9. The van der Waals surface area contributed by atoms with Crippen molar-refractivity contribution in [1.82, 2.24) is 4.98 Å². The molecule has 2 rings (SSSR count). The lowest BCUT2D eigenvalue weighted by atomic mass is 10.00. The smallest absolute Gasteiger partial charge is 0.179 e. The molecule has 0 bridgehead atoms. The molecule has 1 aliphatic heterocycles. The molecule has 1 aromatic rings. The number of pyridine rings is 1. The van der Waals surface area contributed by atoms with Gasteiger partial charge in [0.1, 0.15) is 10.7 Å². The highest BCUT2D eigenvalue weighted by Crippen LogP contribution is 2.30. The number of nitrogens with zero attached hydrogens (tertiary/aromatic N) is 2. The number of piperidine rings is 1. The maximum absolute atomic E-state index is 11.9. The van der Waals surface area contributed by atoms with Gasteiger partial charge in [-0.2, -0.15) is 0 Å². The molecule has 1 aromatic heterocycles. The number of alkyl halides is 1. The van der Waals surface area contributed by atoms with Gasteiger partial charge in [-0.25, -0.2) is 13.4 Å². The summed E-state index contributed by atoms with van der Waals surface area (Å²) < 4.78 is 23.8. The molecule has 2 heterocycles. The van der Waals surface area contributed by atoms with E-state index in [4.69, 9.17) is 0 Å². The lowest BCUT2D eigenvalue weighted by molar-refractivity contribution is 0.447. The van der Waals surface area contributed by atoms with Gasteiger partial charge in [0.15, 0.2) is 9.84 Å². The van der Waals surface area contributed by atoms with Gasteiger partial charge in [-0.1, -0.05) is 15.9 Å². The number of aromatic nitrogens is 1. The molecule has 6 heteroatoms. The summed E-state index contributed by atoms with van der Waals surface area (Å²) in [4.78, 5) is 6.84. The van der Waals surface area contributed by atoms with Gasteiger partial charge in [0.2, 0.25) is 0 Å². The van der Waals surface area contributed by atoms with Gasteiger partial charge in [-0.05, 0) is 37.8 Å². The number of anilines is 1. The van der Waals surface area contributed by atoms with Crippen molar-refractivity contribution in [3.63, 3.8) is 0 Å². The molecule has 0 aromatic carbocycles. The van der Waals surface area contributed by atoms with Crippen LogP contribution in [-0.2, 0) is 9.84 Å². The normalized spacial score (nSPS) is 20.5. The summed E-state index contributed by atoms with van der Waals surface area (Å²) in [5.41, 5.74) is 0. The van der Waals surface area contributed by atoms with Gasteiger partial charge in [-0.15, -0.1) is 0 Å². The van der Waals surface area contributed by atoms with Crippen LogP contribution in [0.1, 0.15) is 25.7 Å². The highest BCUT2D eigenvalue weighted by atomic mass is 79.9. The SMILES string of the molecule is CS(=O)(=O)c1cccnc1N1CCCCC1CCBr. The molecular formula is C13H19BrN2O2S. The Hall–Kier alpha value is -0.620. The van der Waals surface area contributed by atoms with Crippen molar-refractivity contribution in [1.29, 1.82) is 0 Å². The summed E-state index contributed by atoms with van der Waals surface area (Å²) in [6.07, 6.45) is 7.33. The third kappa shape index (κ3) is 3.48. The van der Waals surface area contributed by atoms with E-state index in [1.807, 2.05) is 0 Å². The number of rotatable bonds is 4. The van der Waals surface area contributed by atoms with E-state index in [0.717, 1.165) is 31.1 Å². The monoisotopic (exact) mass is 346 g/mol. The fourth-order valence-corrected chi connectivity index (χ4v) is 3.95. The predicted octanol–water partition coefficient (Wildman–Crippen LogP) is 2.63. The first-order valence-corrected chi connectivity index (χ1v) is 9.53. The van der Waals surface area contributed by atoms with Crippen LogP contribution in [0.2, 0.25) is 0 Å². The largest absolute Gasteiger partial charge is 0.353 e. The topological polar surface area (TPSA) is 50.3 Å². The second kappa shape index (κ2) is 6.22. The zero-order valence-electron chi connectivity index (χ0n) is 11.0. The Balaban J connectivity index is 2.39. The Morgan fingerprint density at radius 1 is 1.47 bits per heavy atom. The molecule has 4 nitrogen and oxygen atoms in total. The maximum Gasteiger partial charge on any atom is 0.179 e.